The predicted molar refractivity (Wildman–Crippen MR) is 66.7 cm³/mol. The summed E-state index contributed by atoms with van der Waals surface area (Å²) >= 11 is 0. The van der Waals surface area contributed by atoms with Gasteiger partial charge in [0.1, 0.15) is 6.17 Å². The van der Waals surface area contributed by atoms with Gasteiger partial charge in [0, 0.05) is 6.54 Å². The van der Waals surface area contributed by atoms with Crippen molar-refractivity contribution in [2.75, 3.05) is 19.7 Å². The molecule has 2 unspecified atom stereocenters. The molecule has 3 heteroatoms. The largest absolute Gasteiger partial charge is 0.395 e. The molecule has 1 N–H and O–H groups in total. The number of rotatable bonds is 5. The van der Waals surface area contributed by atoms with Crippen molar-refractivity contribution in [1.29, 1.82) is 0 Å². The van der Waals surface area contributed by atoms with E-state index in [0.29, 0.717) is 6.42 Å². The van der Waals surface area contributed by atoms with Gasteiger partial charge < -0.3 is 5.11 Å². The topological polar surface area (TPSA) is 23.5 Å². The SMILES string of the molecule is OCC1C(F)CCN1CCCc1ccccc1. The van der Waals surface area contributed by atoms with E-state index in [9.17, 15) is 4.39 Å². The van der Waals surface area contributed by atoms with Crippen molar-refractivity contribution in [2.45, 2.75) is 31.5 Å². The molecule has 1 saturated heterocycles. The van der Waals surface area contributed by atoms with Crippen LogP contribution in [0.25, 0.3) is 0 Å². The van der Waals surface area contributed by atoms with Gasteiger partial charge in [-0.1, -0.05) is 30.3 Å². The van der Waals surface area contributed by atoms with Crippen LogP contribution in [0.5, 0.6) is 0 Å². The summed E-state index contributed by atoms with van der Waals surface area (Å²) in [6.45, 7) is 1.59. The van der Waals surface area contributed by atoms with Gasteiger partial charge in [-0.15, -0.1) is 0 Å². The first kappa shape index (κ1) is 12.5. The highest BCUT2D eigenvalue weighted by atomic mass is 19.1. The molecule has 0 aliphatic carbocycles. The molecular weight excluding hydrogens is 217 g/mol. The lowest BCUT2D eigenvalue weighted by Crippen LogP contribution is -2.37. The summed E-state index contributed by atoms with van der Waals surface area (Å²) in [5.74, 6) is 0. The molecule has 2 nitrogen and oxygen atoms in total. The van der Waals surface area contributed by atoms with Gasteiger partial charge in [0.05, 0.1) is 12.6 Å². The van der Waals surface area contributed by atoms with Gasteiger partial charge in [0.25, 0.3) is 0 Å². The van der Waals surface area contributed by atoms with Gasteiger partial charge in [-0.05, 0) is 31.4 Å². The fourth-order valence-corrected chi connectivity index (χ4v) is 2.51. The van der Waals surface area contributed by atoms with E-state index in [1.54, 1.807) is 0 Å². The summed E-state index contributed by atoms with van der Waals surface area (Å²) in [4.78, 5) is 2.08. The molecule has 0 spiro atoms. The molecule has 1 heterocycles. The van der Waals surface area contributed by atoms with Crippen molar-refractivity contribution in [3.8, 4) is 0 Å². The molecule has 2 atom stereocenters. The van der Waals surface area contributed by atoms with Crippen molar-refractivity contribution in [1.82, 2.24) is 4.90 Å². The second-order valence-corrected chi connectivity index (χ2v) is 4.68. The molecule has 0 radical (unpaired) electrons. The fraction of sp³-hybridized carbons (Fsp3) is 0.571. The number of alkyl halides is 1. The van der Waals surface area contributed by atoms with Crippen LogP contribution in [-0.2, 0) is 6.42 Å². The Labute approximate surface area is 102 Å². The Morgan fingerprint density at radius 2 is 2.06 bits per heavy atom. The van der Waals surface area contributed by atoms with Crippen molar-refractivity contribution in [3.63, 3.8) is 0 Å². The third kappa shape index (κ3) is 3.27. The van der Waals surface area contributed by atoms with E-state index in [4.69, 9.17) is 5.11 Å². The van der Waals surface area contributed by atoms with E-state index in [2.05, 4.69) is 17.0 Å². The molecule has 1 aromatic carbocycles. The molecule has 1 aliphatic heterocycles. The van der Waals surface area contributed by atoms with E-state index in [1.807, 2.05) is 18.2 Å². The molecule has 0 bridgehead atoms. The van der Waals surface area contributed by atoms with Crippen molar-refractivity contribution < 1.29 is 9.50 Å². The molecule has 94 valence electrons. The number of hydrogen-bond acceptors (Lipinski definition) is 2. The third-order valence-corrected chi connectivity index (χ3v) is 3.52. The Morgan fingerprint density at radius 1 is 1.29 bits per heavy atom. The molecular formula is C14H20FNO. The Hall–Kier alpha value is -0.930. The smallest absolute Gasteiger partial charge is 0.119 e. The minimum atomic E-state index is -0.850. The first-order valence-electron chi connectivity index (χ1n) is 6.34. The van der Waals surface area contributed by atoms with Gasteiger partial charge in [0.2, 0.25) is 0 Å². The highest BCUT2D eigenvalue weighted by Crippen LogP contribution is 2.21. The minimum absolute atomic E-state index is 0.0630. The summed E-state index contributed by atoms with van der Waals surface area (Å²) in [5, 5.41) is 9.14. The molecule has 0 saturated carbocycles. The van der Waals surface area contributed by atoms with Crippen molar-refractivity contribution in [3.05, 3.63) is 35.9 Å². The summed E-state index contributed by atoms with van der Waals surface area (Å²) in [7, 11) is 0. The number of benzene rings is 1. The summed E-state index contributed by atoms with van der Waals surface area (Å²) in [6.07, 6.45) is 1.76. The third-order valence-electron chi connectivity index (χ3n) is 3.52. The maximum atomic E-state index is 13.4. The Morgan fingerprint density at radius 3 is 2.76 bits per heavy atom. The summed E-state index contributed by atoms with van der Waals surface area (Å²) in [5.41, 5.74) is 1.32. The number of nitrogens with zero attached hydrogens (tertiary/aromatic N) is 1. The van der Waals surface area contributed by atoms with Crippen LogP contribution >= 0.6 is 0 Å². The summed E-state index contributed by atoms with van der Waals surface area (Å²) in [6, 6.07) is 10.1. The average Bonchev–Trinajstić information content (AvgIpc) is 2.71. The molecule has 2 rings (SSSR count). The Balaban J connectivity index is 1.75. The maximum Gasteiger partial charge on any atom is 0.119 e. The number of aliphatic hydroxyl groups is 1. The van der Waals surface area contributed by atoms with E-state index in [0.717, 1.165) is 25.9 Å². The molecule has 1 fully saturated rings. The van der Waals surface area contributed by atoms with Crippen LogP contribution < -0.4 is 0 Å². The lowest BCUT2D eigenvalue weighted by Gasteiger charge is -2.23. The Kier molecular flexibility index (Phi) is 4.51. The molecule has 17 heavy (non-hydrogen) atoms. The van der Waals surface area contributed by atoms with E-state index in [-0.39, 0.29) is 12.6 Å². The van der Waals surface area contributed by atoms with Crippen molar-refractivity contribution in [2.24, 2.45) is 0 Å². The summed E-state index contributed by atoms with van der Waals surface area (Å²) < 4.78 is 13.4. The zero-order valence-electron chi connectivity index (χ0n) is 10.1. The van der Waals surface area contributed by atoms with Crippen LogP contribution in [0.2, 0.25) is 0 Å². The second kappa shape index (κ2) is 6.12. The zero-order chi connectivity index (χ0) is 12.1. The molecule has 0 amide bonds. The van der Waals surface area contributed by atoms with Crippen LogP contribution in [0.3, 0.4) is 0 Å². The minimum Gasteiger partial charge on any atom is -0.395 e. The lowest BCUT2D eigenvalue weighted by molar-refractivity contribution is 0.117. The highest BCUT2D eigenvalue weighted by molar-refractivity contribution is 5.14. The first-order valence-corrected chi connectivity index (χ1v) is 6.34. The second-order valence-electron chi connectivity index (χ2n) is 4.68. The average molecular weight is 237 g/mol. The Bertz CT molecular complexity index is 330. The highest BCUT2D eigenvalue weighted by Gasteiger charge is 2.32. The first-order chi connectivity index (χ1) is 8.31. The van der Waals surface area contributed by atoms with Gasteiger partial charge in [-0.25, -0.2) is 4.39 Å². The number of likely N-dealkylation sites (tertiary alicyclic amines) is 1. The van der Waals surface area contributed by atoms with Crippen LogP contribution in [-0.4, -0.2) is 41.9 Å². The standard InChI is InChI=1S/C14H20FNO/c15-13-8-10-16(14(13)11-17)9-4-7-12-5-2-1-3-6-12/h1-3,5-6,13-14,17H,4,7-11H2. The van der Waals surface area contributed by atoms with Crippen LogP contribution in [0.15, 0.2) is 30.3 Å². The fourth-order valence-electron chi connectivity index (χ4n) is 2.51. The van der Waals surface area contributed by atoms with Gasteiger partial charge in [-0.3, -0.25) is 4.90 Å². The number of halogens is 1. The van der Waals surface area contributed by atoms with Crippen LogP contribution in [0, 0.1) is 0 Å². The monoisotopic (exact) mass is 237 g/mol. The van der Waals surface area contributed by atoms with Crippen LogP contribution in [0.4, 0.5) is 4.39 Å². The zero-order valence-corrected chi connectivity index (χ0v) is 10.1. The molecule has 1 aliphatic rings. The van der Waals surface area contributed by atoms with E-state index in [1.165, 1.54) is 5.56 Å². The van der Waals surface area contributed by atoms with Crippen LogP contribution in [0.1, 0.15) is 18.4 Å². The van der Waals surface area contributed by atoms with Gasteiger partial charge >= 0.3 is 0 Å². The quantitative estimate of drug-likeness (QED) is 0.847. The van der Waals surface area contributed by atoms with Crippen molar-refractivity contribution >= 4 is 0 Å². The number of aliphatic hydroxyl groups excluding tert-OH is 1. The predicted octanol–water partition coefficient (Wildman–Crippen LogP) is 2.02. The van der Waals surface area contributed by atoms with Gasteiger partial charge in [0.15, 0.2) is 0 Å². The molecule has 1 aromatic rings. The maximum absolute atomic E-state index is 13.4. The number of hydrogen-bond donors (Lipinski definition) is 1. The lowest BCUT2D eigenvalue weighted by atomic mass is 10.1. The van der Waals surface area contributed by atoms with E-state index >= 15 is 0 Å². The number of aryl methyl sites for hydroxylation is 1. The van der Waals surface area contributed by atoms with Gasteiger partial charge in [-0.2, -0.15) is 0 Å². The molecule has 0 aromatic heterocycles. The normalized spacial score (nSPS) is 25.3. The van der Waals surface area contributed by atoms with E-state index < -0.39 is 6.17 Å².